The van der Waals surface area contributed by atoms with Gasteiger partial charge in [-0.05, 0) is 18.6 Å². The highest BCUT2D eigenvalue weighted by atomic mass is 32.1. The maximum absolute atomic E-state index is 11.0. The lowest BCUT2D eigenvalue weighted by atomic mass is 10.2. The van der Waals surface area contributed by atoms with Crippen LogP contribution in [0.5, 0.6) is 0 Å². The second-order valence-electron chi connectivity index (χ2n) is 1.87. The number of ketones is 1. The van der Waals surface area contributed by atoms with Gasteiger partial charge in [0.15, 0.2) is 5.78 Å². The Morgan fingerprint density at radius 3 is 3.20 bits per heavy atom. The van der Waals surface area contributed by atoms with E-state index in [2.05, 4.69) is 9.69 Å². The van der Waals surface area contributed by atoms with E-state index < -0.39 is 0 Å². The van der Waals surface area contributed by atoms with Crippen molar-refractivity contribution in [2.45, 2.75) is 0 Å². The van der Waals surface area contributed by atoms with Crippen molar-refractivity contribution in [2.24, 2.45) is 0 Å². The molecule has 0 aliphatic heterocycles. The Kier molecular flexibility index (Phi) is 2.53. The first kappa shape index (κ1) is 7.37. The van der Waals surface area contributed by atoms with Crippen LogP contribution in [0.4, 0.5) is 0 Å². The molecular formula is C6H8N2OS. The van der Waals surface area contributed by atoms with Gasteiger partial charge in [-0.25, -0.2) is 4.37 Å². The molecule has 1 aromatic rings. The molecule has 0 aliphatic carbocycles. The second kappa shape index (κ2) is 3.43. The first-order chi connectivity index (χ1) is 4.84. The Hall–Kier alpha value is -0.740. The minimum Gasteiger partial charge on any atom is -0.313 e. The molecule has 0 atom stereocenters. The highest BCUT2D eigenvalue weighted by Crippen LogP contribution is 2.01. The normalized spacial score (nSPS) is 9.70. The van der Waals surface area contributed by atoms with Crippen LogP contribution in [0.1, 0.15) is 10.4 Å². The molecule has 0 aromatic carbocycles. The Balaban J connectivity index is 2.59. The predicted molar refractivity (Wildman–Crippen MR) is 40.4 cm³/mol. The minimum absolute atomic E-state index is 0.0938. The van der Waals surface area contributed by atoms with Crippen molar-refractivity contribution >= 4 is 17.3 Å². The fourth-order valence-electron chi connectivity index (χ4n) is 0.605. The smallest absolute Gasteiger partial charge is 0.179 e. The van der Waals surface area contributed by atoms with Crippen molar-refractivity contribution in [2.75, 3.05) is 13.6 Å². The van der Waals surface area contributed by atoms with E-state index in [0.29, 0.717) is 12.1 Å². The van der Waals surface area contributed by atoms with E-state index in [9.17, 15) is 4.79 Å². The summed E-state index contributed by atoms with van der Waals surface area (Å²) in [6.07, 6.45) is 1.59. The third-order valence-corrected chi connectivity index (χ3v) is 1.68. The quantitative estimate of drug-likeness (QED) is 0.650. The van der Waals surface area contributed by atoms with Gasteiger partial charge in [0.1, 0.15) is 0 Å². The second-order valence-corrected chi connectivity index (χ2v) is 2.52. The molecule has 0 amide bonds. The van der Waals surface area contributed by atoms with Gasteiger partial charge in [-0.3, -0.25) is 4.79 Å². The molecule has 1 rings (SSSR count). The van der Waals surface area contributed by atoms with Gasteiger partial charge in [0.2, 0.25) is 0 Å². The van der Waals surface area contributed by atoms with E-state index in [1.54, 1.807) is 18.6 Å². The number of carbonyl (C=O) groups is 1. The van der Waals surface area contributed by atoms with E-state index in [4.69, 9.17) is 0 Å². The maximum Gasteiger partial charge on any atom is 0.179 e. The minimum atomic E-state index is 0.0938. The number of nitrogens with zero attached hydrogens (tertiary/aromatic N) is 1. The van der Waals surface area contributed by atoms with Crippen molar-refractivity contribution < 1.29 is 4.79 Å². The average Bonchev–Trinajstić information content (AvgIpc) is 2.38. The van der Waals surface area contributed by atoms with Gasteiger partial charge in [0, 0.05) is 10.9 Å². The van der Waals surface area contributed by atoms with Crippen LogP contribution in [-0.4, -0.2) is 23.7 Å². The summed E-state index contributed by atoms with van der Waals surface area (Å²) in [4.78, 5) is 11.0. The van der Waals surface area contributed by atoms with E-state index in [1.807, 2.05) is 0 Å². The van der Waals surface area contributed by atoms with Crippen molar-refractivity contribution in [3.8, 4) is 0 Å². The molecule has 0 unspecified atom stereocenters. The maximum atomic E-state index is 11.0. The number of aromatic nitrogens is 1. The van der Waals surface area contributed by atoms with Crippen LogP contribution in [-0.2, 0) is 0 Å². The van der Waals surface area contributed by atoms with Gasteiger partial charge in [-0.1, -0.05) is 0 Å². The van der Waals surface area contributed by atoms with Crippen molar-refractivity contribution in [1.29, 1.82) is 0 Å². The molecule has 0 radical (unpaired) electrons. The Morgan fingerprint density at radius 2 is 2.70 bits per heavy atom. The number of Topliss-reactive ketones (excluding diaryl/α,β-unsaturated/α-hetero) is 1. The SMILES string of the molecule is CNCC(=O)c1cnsc1. The van der Waals surface area contributed by atoms with Crippen LogP contribution in [0.25, 0.3) is 0 Å². The molecule has 54 valence electrons. The van der Waals surface area contributed by atoms with Gasteiger partial charge in [-0.15, -0.1) is 0 Å². The standard InChI is InChI=1S/C6H8N2OS/c1-7-3-6(9)5-2-8-10-4-5/h2,4,7H,3H2,1H3. The predicted octanol–water partition coefficient (Wildman–Crippen LogP) is 0.545. The fourth-order valence-corrected chi connectivity index (χ4v) is 1.15. The highest BCUT2D eigenvalue weighted by Gasteiger charge is 2.03. The molecule has 0 spiro atoms. The monoisotopic (exact) mass is 156 g/mol. The number of carbonyl (C=O) groups excluding carboxylic acids is 1. The van der Waals surface area contributed by atoms with Crippen LogP contribution in [0.2, 0.25) is 0 Å². The molecule has 1 heterocycles. The third kappa shape index (κ3) is 1.62. The fraction of sp³-hybridized carbons (Fsp3) is 0.333. The summed E-state index contributed by atoms with van der Waals surface area (Å²) in [5.74, 6) is 0.0938. The zero-order valence-electron chi connectivity index (χ0n) is 5.63. The molecule has 0 saturated carbocycles. The Morgan fingerprint density at radius 1 is 1.90 bits per heavy atom. The van der Waals surface area contributed by atoms with Gasteiger partial charge in [0.25, 0.3) is 0 Å². The Bertz CT molecular complexity index is 208. The largest absolute Gasteiger partial charge is 0.313 e. The zero-order chi connectivity index (χ0) is 7.40. The van der Waals surface area contributed by atoms with Crippen molar-refractivity contribution in [3.63, 3.8) is 0 Å². The van der Waals surface area contributed by atoms with E-state index >= 15 is 0 Å². The number of nitrogens with one attached hydrogen (secondary N) is 1. The summed E-state index contributed by atoms with van der Waals surface area (Å²) in [5.41, 5.74) is 0.694. The summed E-state index contributed by atoms with van der Waals surface area (Å²) in [7, 11) is 1.75. The van der Waals surface area contributed by atoms with Crippen molar-refractivity contribution in [1.82, 2.24) is 9.69 Å². The van der Waals surface area contributed by atoms with Gasteiger partial charge in [-0.2, -0.15) is 0 Å². The molecular weight excluding hydrogens is 148 g/mol. The van der Waals surface area contributed by atoms with Gasteiger partial charge in [0.05, 0.1) is 12.7 Å². The molecule has 0 aliphatic rings. The van der Waals surface area contributed by atoms with E-state index in [0.717, 1.165) is 0 Å². The number of hydrogen-bond acceptors (Lipinski definition) is 4. The molecule has 4 heteroatoms. The summed E-state index contributed by atoms with van der Waals surface area (Å²) in [6, 6.07) is 0. The molecule has 0 fully saturated rings. The number of hydrogen-bond donors (Lipinski definition) is 1. The van der Waals surface area contributed by atoms with E-state index in [-0.39, 0.29) is 5.78 Å². The lowest BCUT2D eigenvalue weighted by Gasteiger charge is -1.92. The third-order valence-electron chi connectivity index (χ3n) is 1.09. The number of likely N-dealkylation sites (N-methyl/N-ethyl adjacent to an activating group) is 1. The topological polar surface area (TPSA) is 42.0 Å². The molecule has 10 heavy (non-hydrogen) atoms. The summed E-state index contributed by atoms with van der Waals surface area (Å²) >= 11 is 1.30. The number of rotatable bonds is 3. The first-order valence-corrected chi connectivity index (χ1v) is 3.75. The molecule has 0 saturated heterocycles. The van der Waals surface area contributed by atoms with Gasteiger partial charge < -0.3 is 5.32 Å². The lowest BCUT2D eigenvalue weighted by molar-refractivity contribution is 0.0994. The zero-order valence-corrected chi connectivity index (χ0v) is 6.44. The highest BCUT2D eigenvalue weighted by molar-refractivity contribution is 7.03. The summed E-state index contributed by atoms with van der Waals surface area (Å²) in [5, 5.41) is 4.53. The van der Waals surface area contributed by atoms with Crippen LogP contribution in [0.15, 0.2) is 11.6 Å². The van der Waals surface area contributed by atoms with Crippen LogP contribution < -0.4 is 5.32 Å². The van der Waals surface area contributed by atoms with Crippen LogP contribution in [0, 0.1) is 0 Å². The van der Waals surface area contributed by atoms with Crippen molar-refractivity contribution in [3.05, 3.63) is 17.1 Å². The summed E-state index contributed by atoms with van der Waals surface area (Å²) in [6.45, 7) is 0.387. The molecule has 1 aromatic heterocycles. The Labute approximate surface area is 63.2 Å². The molecule has 0 bridgehead atoms. The average molecular weight is 156 g/mol. The lowest BCUT2D eigenvalue weighted by Crippen LogP contribution is -2.17. The van der Waals surface area contributed by atoms with Crippen LogP contribution >= 0.6 is 11.5 Å². The van der Waals surface area contributed by atoms with Crippen LogP contribution in [0.3, 0.4) is 0 Å². The van der Waals surface area contributed by atoms with E-state index in [1.165, 1.54) is 11.5 Å². The first-order valence-electron chi connectivity index (χ1n) is 2.92. The van der Waals surface area contributed by atoms with Gasteiger partial charge >= 0.3 is 0 Å². The summed E-state index contributed by atoms with van der Waals surface area (Å²) < 4.78 is 3.82. The molecule has 3 nitrogen and oxygen atoms in total. The molecule has 1 N–H and O–H groups in total.